The van der Waals surface area contributed by atoms with E-state index in [0.29, 0.717) is 5.56 Å². The number of aldehydes is 1. The van der Waals surface area contributed by atoms with E-state index < -0.39 is 0 Å². The minimum atomic E-state index is 0.703. The lowest BCUT2D eigenvalue weighted by atomic mass is 9.97. The molecule has 0 aliphatic carbocycles. The number of rotatable bonds is 2. The van der Waals surface area contributed by atoms with Gasteiger partial charge in [0, 0.05) is 17.1 Å². The Kier molecular flexibility index (Phi) is 2.61. The average molecular weight is 233 g/mol. The molecule has 0 N–H and O–H groups in total. The highest BCUT2D eigenvalue weighted by Gasteiger charge is 2.07. The van der Waals surface area contributed by atoms with Crippen LogP contribution < -0.4 is 0 Å². The number of benzene rings is 2. The Labute approximate surface area is 105 Å². The fraction of sp³-hybridized carbons (Fsp3) is 0. The maximum Gasteiger partial charge on any atom is 0.150 e. The van der Waals surface area contributed by atoms with Gasteiger partial charge in [-0.05, 0) is 23.3 Å². The molecule has 0 amide bonds. The second-order valence-electron chi connectivity index (χ2n) is 4.08. The summed E-state index contributed by atoms with van der Waals surface area (Å²) in [5, 5.41) is 1.06. The summed E-state index contributed by atoms with van der Waals surface area (Å²) in [5.41, 5.74) is 3.64. The summed E-state index contributed by atoms with van der Waals surface area (Å²) in [6.45, 7) is 0. The normalized spacial score (nSPS) is 10.4. The Morgan fingerprint density at radius 1 is 0.833 bits per heavy atom. The van der Waals surface area contributed by atoms with Gasteiger partial charge in [-0.25, -0.2) is 0 Å². The van der Waals surface area contributed by atoms with Gasteiger partial charge < -0.3 is 0 Å². The summed E-state index contributed by atoms with van der Waals surface area (Å²) >= 11 is 0. The van der Waals surface area contributed by atoms with Crippen LogP contribution in [-0.4, -0.2) is 11.3 Å². The minimum Gasteiger partial charge on any atom is -0.298 e. The van der Waals surface area contributed by atoms with E-state index >= 15 is 0 Å². The van der Waals surface area contributed by atoms with Gasteiger partial charge in [0.15, 0.2) is 6.29 Å². The first-order valence-electron chi connectivity index (χ1n) is 5.78. The monoisotopic (exact) mass is 233 g/mol. The zero-order chi connectivity index (χ0) is 12.4. The average Bonchev–Trinajstić information content (AvgIpc) is 2.46. The summed E-state index contributed by atoms with van der Waals surface area (Å²) in [7, 11) is 0. The Morgan fingerprint density at radius 3 is 2.56 bits per heavy atom. The van der Waals surface area contributed by atoms with Crippen molar-refractivity contribution >= 4 is 17.2 Å². The van der Waals surface area contributed by atoms with Crippen LogP contribution in [0.1, 0.15) is 10.4 Å². The molecule has 2 nitrogen and oxygen atoms in total. The van der Waals surface area contributed by atoms with E-state index in [-0.39, 0.29) is 0 Å². The van der Waals surface area contributed by atoms with Gasteiger partial charge in [-0.3, -0.25) is 9.78 Å². The smallest absolute Gasteiger partial charge is 0.150 e. The number of hydrogen-bond donors (Lipinski definition) is 0. The quantitative estimate of drug-likeness (QED) is 0.631. The van der Waals surface area contributed by atoms with Gasteiger partial charge in [0.2, 0.25) is 0 Å². The van der Waals surface area contributed by atoms with Crippen molar-refractivity contribution in [2.45, 2.75) is 0 Å². The third-order valence-corrected chi connectivity index (χ3v) is 3.02. The van der Waals surface area contributed by atoms with E-state index in [2.05, 4.69) is 4.98 Å². The van der Waals surface area contributed by atoms with Crippen LogP contribution in [0.3, 0.4) is 0 Å². The summed E-state index contributed by atoms with van der Waals surface area (Å²) in [4.78, 5) is 15.5. The van der Waals surface area contributed by atoms with Crippen molar-refractivity contribution in [1.82, 2.24) is 4.98 Å². The van der Waals surface area contributed by atoms with Crippen LogP contribution in [0.5, 0.6) is 0 Å². The van der Waals surface area contributed by atoms with Crippen molar-refractivity contribution < 1.29 is 4.79 Å². The zero-order valence-electron chi connectivity index (χ0n) is 9.71. The van der Waals surface area contributed by atoms with Crippen molar-refractivity contribution in [2.75, 3.05) is 0 Å². The first-order chi connectivity index (χ1) is 8.90. The molecule has 2 aromatic carbocycles. The Morgan fingerprint density at radius 2 is 1.67 bits per heavy atom. The number of hydrogen-bond acceptors (Lipinski definition) is 2. The molecule has 0 unspecified atom stereocenters. The molecule has 0 radical (unpaired) electrons. The molecule has 0 aliphatic heterocycles. The fourth-order valence-electron chi connectivity index (χ4n) is 2.18. The molecule has 18 heavy (non-hydrogen) atoms. The van der Waals surface area contributed by atoms with Crippen molar-refractivity contribution in [3.05, 3.63) is 66.4 Å². The van der Waals surface area contributed by atoms with E-state index in [1.807, 2.05) is 54.6 Å². The number of aromatic nitrogens is 1. The van der Waals surface area contributed by atoms with Gasteiger partial charge >= 0.3 is 0 Å². The van der Waals surface area contributed by atoms with Crippen LogP contribution in [0.2, 0.25) is 0 Å². The van der Waals surface area contributed by atoms with Crippen LogP contribution in [0, 0.1) is 0 Å². The molecule has 86 valence electrons. The summed E-state index contributed by atoms with van der Waals surface area (Å²) in [6, 6.07) is 17.5. The van der Waals surface area contributed by atoms with E-state index in [9.17, 15) is 4.79 Å². The highest BCUT2D eigenvalue weighted by molar-refractivity contribution is 5.99. The fourth-order valence-corrected chi connectivity index (χ4v) is 2.18. The molecule has 0 atom stereocenters. The maximum atomic E-state index is 11.1. The third-order valence-electron chi connectivity index (χ3n) is 3.02. The van der Waals surface area contributed by atoms with Crippen molar-refractivity contribution in [1.29, 1.82) is 0 Å². The molecule has 0 aliphatic rings. The summed E-state index contributed by atoms with van der Waals surface area (Å²) < 4.78 is 0. The van der Waals surface area contributed by atoms with E-state index in [4.69, 9.17) is 0 Å². The number of fused-ring (bicyclic) bond motifs is 1. The molecule has 0 bridgehead atoms. The van der Waals surface area contributed by atoms with Crippen molar-refractivity contribution in [2.24, 2.45) is 0 Å². The van der Waals surface area contributed by atoms with Crippen LogP contribution in [0.25, 0.3) is 22.0 Å². The van der Waals surface area contributed by atoms with Gasteiger partial charge in [0.1, 0.15) is 0 Å². The molecule has 3 rings (SSSR count). The number of nitrogens with zero attached hydrogens (tertiary/aromatic N) is 1. The lowest BCUT2D eigenvalue weighted by Gasteiger charge is -2.08. The molecule has 0 saturated heterocycles. The molecule has 1 aromatic heterocycles. The third kappa shape index (κ3) is 1.68. The number of pyridine rings is 1. The Hall–Kier alpha value is -2.48. The lowest BCUT2D eigenvalue weighted by molar-refractivity contribution is 0.112. The minimum absolute atomic E-state index is 0.703. The second kappa shape index (κ2) is 4.41. The lowest BCUT2D eigenvalue weighted by Crippen LogP contribution is -1.88. The summed E-state index contributed by atoms with van der Waals surface area (Å²) in [6.07, 6.45) is 2.67. The van der Waals surface area contributed by atoms with E-state index in [1.54, 1.807) is 6.20 Å². The summed E-state index contributed by atoms with van der Waals surface area (Å²) in [5.74, 6) is 0. The van der Waals surface area contributed by atoms with Crippen LogP contribution in [0.15, 0.2) is 60.8 Å². The van der Waals surface area contributed by atoms with E-state index in [0.717, 1.165) is 28.3 Å². The number of carbonyl (C=O) groups excluding carboxylic acids is 1. The largest absolute Gasteiger partial charge is 0.298 e. The first-order valence-corrected chi connectivity index (χ1v) is 5.78. The van der Waals surface area contributed by atoms with Gasteiger partial charge in [-0.15, -0.1) is 0 Å². The van der Waals surface area contributed by atoms with Crippen molar-refractivity contribution in [3.63, 3.8) is 0 Å². The maximum absolute atomic E-state index is 11.1. The predicted octanol–water partition coefficient (Wildman–Crippen LogP) is 3.71. The Bertz CT molecular complexity index is 714. The molecular formula is C16H11NO. The molecule has 0 saturated carbocycles. The van der Waals surface area contributed by atoms with E-state index in [1.165, 1.54) is 0 Å². The predicted molar refractivity (Wildman–Crippen MR) is 72.6 cm³/mol. The van der Waals surface area contributed by atoms with Crippen molar-refractivity contribution in [3.8, 4) is 11.1 Å². The number of carbonyl (C=O) groups is 1. The highest BCUT2D eigenvalue weighted by Crippen LogP contribution is 2.29. The molecule has 0 fully saturated rings. The SMILES string of the molecule is O=Cc1ccccc1-c1cccc2ncccc12. The van der Waals surface area contributed by atoms with Gasteiger partial charge in [-0.2, -0.15) is 0 Å². The second-order valence-corrected chi connectivity index (χ2v) is 4.08. The first kappa shape index (κ1) is 10.7. The van der Waals surface area contributed by atoms with Crippen LogP contribution in [0.4, 0.5) is 0 Å². The molecule has 0 spiro atoms. The molecule has 1 heterocycles. The molecule has 3 aromatic rings. The van der Waals surface area contributed by atoms with Crippen LogP contribution in [-0.2, 0) is 0 Å². The molecular weight excluding hydrogens is 222 g/mol. The van der Waals surface area contributed by atoms with Gasteiger partial charge in [0.25, 0.3) is 0 Å². The van der Waals surface area contributed by atoms with Gasteiger partial charge in [0.05, 0.1) is 5.52 Å². The molecule has 2 heteroatoms. The van der Waals surface area contributed by atoms with Gasteiger partial charge in [-0.1, -0.05) is 42.5 Å². The zero-order valence-corrected chi connectivity index (χ0v) is 9.71. The highest BCUT2D eigenvalue weighted by atomic mass is 16.1. The standard InChI is InChI=1S/C16H11NO/c18-11-12-5-1-2-6-13(12)14-7-3-9-16-15(14)8-4-10-17-16/h1-11H. The topological polar surface area (TPSA) is 30.0 Å². The Balaban J connectivity index is 2.35. The van der Waals surface area contributed by atoms with Crippen LogP contribution >= 0.6 is 0 Å².